The first kappa shape index (κ1) is 8.91. The van der Waals surface area contributed by atoms with E-state index < -0.39 is 0 Å². The minimum Gasteiger partial charge on any atom is -0.379 e. The maximum atomic E-state index is 3.51. The van der Waals surface area contributed by atoms with Gasteiger partial charge in [0.2, 0.25) is 0 Å². The zero-order chi connectivity index (χ0) is 9.10. The molecule has 0 bridgehead atoms. The number of para-hydroxylation sites is 1. The highest BCUT2D eigenvalue weighted by atomic mass is 32.2. The lowest BCUT2D eigenvalue weighted by atomic mass is 10.2. The summed E-state index contributed by atoms with van der Waals surface area (Å²) >= 11 is 1.93. The van der Waals surface area contributed by atoms with Crippen molar-refractivity contribution < 1.29 is 0 Å². The molecule has 0 spiro atoms. The van der Waals surface area contributed by atoms with Gasteiger partial charge < -0.3 is 10.6 Å². The van der Waals surface area contributed by atoms with E-state index in [1.54, 1.807) is 0 Å². The Morgan fingerprint density at radius 2 is 2.38 bits per heavy atom. The molecule has 0 amide bonds. The number of likely N-dealkylation sites (N-methyl/N-ethyl adjacent to an activating group) is 1. The van der Waals surface area contributed by atoms with E-state index in [0.717, 1.165) is 12.3 Å². The summed E-state index contributed by atoms with van der Waals surface area (Å²) in [4.78, 5) is 1.37. The molecule has 1 aliphatic rings. The SMILES string of the molecule is CNCC1CSc2ccccc2N1. The van der Waals surface area contributed by atoms with Crippen LogP contribution in [0.25, 0.3) is 0 Å². The number of hydrogen-bond acceptors (Lipinski definition) is 3. The summed E-state index contributed by atoms with van der Waals surface area (Å²) in [5, 5.41) is 6.71. The lowest BCUT2D eigenvalue weighted by molar-refractivity contribution is 0.702. The second-order valence-corrected chi connectivity index (χ2v) is 4.27. The van der Waals surface area contributed by atoms with Gasteiger partial charge >= 0.3 is 0 Å². The largest absolute Gasteiger partial charge is 0.379 e. The van der Waals surface area contributed by atoms with Crippen LogP contribution in [0.1, 0.15) is 0 Å². The van der Waals surface area contributed by atoms with Crippen molar-refractivity contribution in [2.75, 3.05) is 24.7 Å². The lowest BCUT2D eigenvalue weighted by Gasteiger charge is -2.26. The fourth-order valence-electron chi connectivity index (χ4n) is 1.52. The van der Waals surface area contributed by atoms with Gasteiger partial charge in [-0.1, -0.05) is 12.1 Å². The molecule has 1 aliphatic heterocycles. The van der Waals surface area contributed by atoms with Gasteiger partial charge in [0.1, 0.15) is 0 Å². The van der Waals surface area contributed by atoms with Gasteiger partial charge in [0, 0.05) is 28.9 Å². The Morgan fingerprint density at radius 1 is 1.54 bits per heavy atom. The molecule has 0 saturated heterocycles. The second kappa shape index (κ2) is 4.03. The summed E-state index contributed by atoms with van der Waals surface area (Å²) in [5.41, 5.74) is 1.28. The minimum atomic E-state index is 0.560. The number of fused-ring (bicyclic) bond motifs is 1. The van der Waals surface area contributed by atoms with Crippen LogP contribution in [0.4, 0.5) is 5.69 Å². The molecule has 0 saturated carbocycles. The van der Waals surface area contributed by atoms with Gasteiger partial charge in [-0.25, -0.2) is 0 Å². The van der Waals surface area contributed by atoms with Crippen LogP contribution in [-0.2, 0) is 0 Å². The van der Waals surface area contributed by atoms with Gasteiger partial charge in [-0.05, 0) is 19.2 Å². The second-order valence-electron chi connectivity index (χ2n) is 3.21. The Hall–Kier alpha value is -0.670. The summed E-state index contributed by atoms with van der Waals surface area (Å²) in [7, 11) is 1.99. The third kappa shape index (κ3) is 1.98. The Labute approximate surface area is 83.1 Å². The maximum absolute atomic E-state index is 3.51. The number of hydrogen-bond donors (Lipinski definition) is 2. The van der Waals surface area contributed by atoms with Crippen LogP contribution in [0.5, 0.6) is 0 Å². The number of rotatable bonds is 2. The first-order chi connectivity index (χ1) is 6.40. The van der Waals surface area contributed by atoms with Crippen LogP contribution in [-0.4, -0.2) is 25.4 Å². The van der Waals surface area contributed by atoms with Crippen LogP contribution in [0.2, 0.25) is 0 Å². The third-order valence-electron chi connectivity index (χ3n) is 2.14. The van der Waals surface area contributed by atoms with Crippen LogP contribution in [0.3, 0.4) is 0 Å². The van der Waals surface area contributed by atoms with Gasteiger partial charge in [-0.3, -0.25) is 0 Å². The summed E-state index contributed by atoms with van der Waals surface area (Å²) in [6.45, 7) is 1.03. The van der Waals surface area contributed by atoms with Crippen LogP contribution in [0.15, 0.2) is 29.2 Å². The van der Waals surface area contributed by atoms with E-state index in [1.807, 2.05) is 18.8 Å². The quantitative estimate of drug-likeness (QED) is 0.750. The average molecular weight is 194 g/mol. The zero-order valence-corrected chi connectivity index (χ0v) is 8.53. The van der Waals surface area contributed by atoms with Gasteiger partial charge in [-0.2, -0.15) is 0 Å². The normalized spacial score (nSPS) is 20.5. The fraction of sp³-hybridized carbons (Fsp3) is 0.400. The van der Waals surface area contributed by atoms with Crippen molar-refractivity contribution in [1.82, 2.24) is 5.32 Å². The molecule has 2 nitrogen and oxygen atoms in total. The predicted octanol–water partition coefficient (Wildman–Crippen LogP) is 1.79. The van der Waals surface area contributed by atoms with E-state index in [-0.39, 0.29) is 0 Å². The smallest absolute Gasteiger partial charge is 0.0481 e. The molecule has 0 aromatic heterocycles. The third-order valence-corrected chi connectivity index (χ3v) is 3.37. The van der Waals surface area contributed by atoms with Crippen LogP contribution < -0.4 is 10.6 Å². The molecule has 0 aliphatic carbocycles. The molecule has 0 radical (unpaired) electrons. The Balaban J connectivity index is 2.11. The fourth-order valence-corrected chi connectivity index (χ4v) is 2.56. The first-order valence-corrected chi connectivity index (χ1v) is 5.51. The molecular weight excluding hydrogens is 180 g/mol. The van der Waals surface area contributed by atoms with Crippen LogP contribution in [0, 0.1) is 0 Å². The summed E-state index contributed by atoms with van der Waals surface area (Å²) in [6, 6.07) is 9.04. The van der Waals surface area contributed by atoms with Crippen molar-refractivity contribution in [3.8, 4) is 0 Å². The van der Waals surface area contributed by atoms with Crippen molar-refractivity contribution in [2.45, 2.75) is 10.9 Å². The van der Waals surface area contributed by atoms with E-state index in [4.69, 9.17) is 0 Å². The Morgan fingerprint density at radius 3 is 3.23 bits per heavy atom. The Kier molecular flexibility index (Phi) is 2.76. The average Bonchev–Trinajstić information content (AvgIpc) is 2.18. The van der Waals surface area contributed by atoms with Crippen molar-refractivity contribution in [3.63, 3.8) is 0 Å². The van der Waals surface area contributed by atoms with Crippen molar-refractivity contribution >= 4 is 17.4 Å². The van der Waals surface area contributed by atoms with Gasteiger partial charge in [0.15, 0.2) is 0 Å². The first-order valence-electron chi connectivity index (χ1n) is 4.53. The molecule has 2 rings (SSSR count). The number of anilines is 1. The molecule has 1 aromatic rings. The molecule has 2 N–H and O–H groups in total. The van der Waals surface area contributed by atoms with Gasteiger partial charge in [0.05, 0.1) is 0 Å². The highest BCUT2D eigenvalue weighted by Crippen LogP contribution is 2.32. The van der Waals surface area contributed by atoms with E-state index in [9.17, 15) is 0 Å². The van der Waals surface area contributed by atoms with Gasteiger partial charge in [0.25, 0.3) is 0 Å². The molecule has 1 atom stereocenters. The van der Waals surface area contributed by atoms with Crippen molar-refractivity contribution in [1.29, 1.82) is 0 Å². The summed E-state index contributed by atoms with van der Waals surface area (Å²) < 4.78 is 0. The van der Waals surface area contributed by atoms with E-state index in [2.05, 4.69) is 34.9 Å². The van der Waals surface area contributed by atoms with Crippen molar-refractivity contribution in [2.24, 2.45) is 0 Å². The van der Waals surface area contributed by atoms with E-state index in [0.29, 0.717) is 6.04 Å². The molecular formula is C10H14N2S. The minimum absolute atomic E-state index is 0.560. The summed E-state index contributed by atoms with van der Waals surface area (Å²) in [6.07, 6.45) is 0. The highest BCUT2D eigenvalue weighted by Gasteiger charge is 2.16. The predicted molar refractivity (Wildman–Crippen MR) is 58.5 cm³/mol. The van der Waals surface area contributed by atoms with Crippen LogP contribution >= 0.6 is 11.8 Å². The number of thioether (sulfide) groups is 1. The van der Waals surface area contributed by atoms with E-state index >= 15 is 0 Å². The summed E-state index contributed by atoms with van der Waals surface area (Å²) in [5.74, 6) is 1.15. The number of benzene rings is 1. The Bertz CT molecular complexity index is 288. The molecule has 13 heavy (non-hydrogen) atoms. The maximum Gasteiger partial charge on any atom is 0.0481 e. The highest BCUT2D eigenvalue weighted by molar-refractivity contribution is 7.99. The van der Waals surface area contributed by atoms with Gasteiger partial charge in [-0.15, -0.1) is 11.8 Å². The molecule has 70 valence electrons. The van der Waals surface area contributed by atoms with Crippen molar-refractivity contribution in [3.05, 3.63) is 24.3 Å². The topological polar surface area (TPSA) is 24.1 Å². The lowest BCUT2D eigenvalue weighted by Crippen LogP contribution is -2.35. The van der Waals surface area contributed by atoms with E-state index in [1.165, 1.54) is 10.6 Å². The zero-order valence-electron chi connectivity index (χ0n) is 7.71. The standard InChI is InChI=1S/C10H14N2S/c1-11-6-8-7-13-10-5-3-2-4-9(10)12-8/h2-5,8,11-12H,6-7H2,1H3. The number of nitrogens with one attached hydrogen (secondary N) is 2. The molecule has 1 aromatic carbocycles. The molecule has 1 heterocycles. The molecule has 0 fully saturated rings. The molecule has 1 unspecified atom stereocenters. The molecule has 3 heteroatoms. The monoisotopic (exact) mass is 194 g/mol.